The number of rotatable bonds is 19. The topological polar surface area (TPSA) is 55.8 Å². The van der Waals surface area contributed by atoms with Crippen LogP contribution >= 0.6 is 0 Å². The summed E-state index contributed by atoms with van der Waals surface area (Å²) in [7, 11) is 0. The molecule has 0 aromatic rings. The summed E-state index contributed by atoms with van der Waals surface area (Å²) in [5.74, 6) is -0.237. The van der Waals surface area contributed by atoms with E-state index in [1.807, 2.05) is 6.92 Å². The van der Waals surface area contributed by atoms with E-state index in [0.717, 1.165) is 19.3 Å². The van der Waals surface area contributed by atoms with Gasteiger partial charge in [-0.3, -0.25) is 4.79 Å². The van der Waals surface area contributed by atoms with Crippen molar-refractivity contribution >= 4 is 5.97 Å². The van der Waals surface area contributed by atoms with Gasteiger partial charge in [0.15, 0.2) is 0 Å². The molecule has 0 amide bonds. The zero-order valence-electron chi connectivity index (χ0n) is 16.8. The molecule has 1 unspecified atom stereocenters. The van der Waals surface area contributed by atoms with E-state index < -0.39 is 6.10 Å². The Morgan fingerprint density at radius 2 is 1.32 bits per heavy atom. The molecule has 25 heavy (non-hydrogen) atoms. The van der Waals surface area contributed by atoms with Crippen molar-refractivity contribution in [3.63, 3.8) is 0 Å². The van der Waals surface area contributed by atoms with Crippen molar-refractivity contribution in [1.82, 2.24) is 0 Å². The first-order valence-corrected chi connectivity index (χ1v) is 10.6. The van der Waals surface area contributed by atoms with Gasteiger partial charge in [0.2, 0.25) is 0 Å². The van der Waals surface area contributed by atoms with Gasteiger partial charge in [-0.05, 0) is 12.8 Å². The van der Waals surface area contributed by atoms with Crippen LogP contribution in [0, 0.1) is 0 Å². The Morgan fingerprint density at radius 3 is 1.84 bits per heavy atom. The van der Waals surface area contributed by atoms with Crippen LogP contribution in [0.25, 0.3) is 0 Å². The largest absolute Gasteiger partial charge is 0.457 e. The second-order valence-corrected chi connectivity index (χ2v) is 7.01. The minimum Gasteiger partial charge on any atom is -0.457 e. The Balaban J connectivity index is 3.34. The molecule has 0 aliphatic carbocycles. The lowest BCUT2D eigenvalue weighted by molar-refractivity contribution is -0.154. The lowest BCUT2D eigenvalue weighted by Gasteiger charge is -2.15. The number of aliphatic hydroxyl groups is 1. The molecule has 0 aliphatic rings. The number of ether oxygens (including phenoxy) is 2. The summed E-state index contributed by atoms with van der Waals surface area (Å²) in [5, 5.41) is 9.23. The van der Waals surface area contributed by atoms with E-state index in [2.05, 4.69) is 6.92 Å². The molecule has 4 nitrogen and oxygen atoms in total. The molecular formula is C21H42O4. The summed E-state index contributed by atoms with van der Waals surface area (Å²) >= 11 is 0. The molecule has 150 valence electrons. The summed E-state index contributed by atoms with van der Waals surface area (Å²) in [6.07, 6.45) is 16.2. The summed E-state index contributed by atoms with van der Waals surface area (Å²) in [5.41, 5.74) is 0. The van der Waals surface area contributed by atoms with Gasteiger partial charge in [-0.25, -0.2) is 0 Å². The number of carbonyl (C=O) groups excluding carboxylic acids is 1. The highest BCUT2D eigenvalue weighted by atomic mass is 16.6. The fourth-order valence-electron chi connectivity index (χ4n) is 2.77. The molecule has 4 heteroatoms. The summed E-state index contributed by atoms with van der Waals surface area (Å²) in [6.45, 7) is 5.10. The van der Waals surface area contributed by atoms with Crippen molar-refractivity contribution in [1.29, 1.82) is 0 Å². The van der Waals surface area contributed by atoms with Crippen LogP contribution in [0.15, 0.2) is 0 Å². The van der Waals surface area contributed by atoms with E-state index in [0.29, 0.717) is 19.6 Å². The molecule has 0 saturated heterocycles. The predicted molar refractivity (Wildman–Crippen MR) is 104 cm³/mol. The summed E-state index contributed by atoms with van der Waals surface area (Å²) in [6, 6.07) is 0. The van der Waals surface area contributed by atoms with Gasteiger partial charge in [0, 0.05) is 13.0 Å². The van der Waals surface area contributed by atoms with Gasteiger partial charge in [0.1, 0.15) is 6.10 Å². The molecule has 1 N–H and O–H groups in total. The molecular weight excluding hydrogens is 316 g/mol. The Bertz CT molecular complexity index is 281. The molecule has 0 bridgehead atoms. The van der Waals surface area contributed by atoms with E-state index in [1.165, 1.54) is 64.2 Å². The SMILES string of the molecule is CCCCCCCCCCCCCOCC(CO)OC(=O)CCCC. The van der Waals surface area contributed by atoms with Gasteiger partial charge in [0.05, 0.1) is 13.2 Å². The maximum absolute atomic E-state index is 11.5. The van der Waals surface area contributed by atoms with Crippen LogP contribution in [0.1, 0.15) is 104 Å². The Kier molecular flexibility index (Phi) is 19.2. The normalized spacial score (nSPS) is 12.3. The first kappa shape index (κ1) is 24.4. The van der Waals surface area contributed by atoms with E-state index in [4.69, 9.17) is 9.47 Å². The van der Waals surface area contributed by atoms with Crippen LogP contribution in [0.2, 0.25) is 0 Å². The van der Waals surface area contributed by atoms with E-state index in [1.54, 1.807) is 0 Å². The molecule has 0 aromatic carbocycles. The van der Waals surface area contributed by atoms with E-state index >= 15 is 0 Å². The van der Waals surface area contributed by atoms with Crippen LogP contribution in [0.3, 0.4) is 0 Å². The van der Waals surface area contributed by atoms with Crippen molar-refractivity contribution in [3.8, 4) is 0 Å². The molecule has 0 rings (SSSR count). The van der Waals surface area contributed by atoms with Gasteiger partial charge < -0.3 is 14.6 Å². The maximum Gasteiger partial charge on any atom is 0.306 e. The third-order valence-corrected chi connectivity index (χ3v) is 4.43. The maximum atomic E-state index is 11.5. The van der Waals surface area contributed by atoms with E-state index in [9.17, 15) is 9.90 Å². The smallest absolute Gasteiger partial charge is 0.306 e. The summed E-state index contributed by atoms with van der Waals surface area (Å²) < 4.78 is 10.7. The quantitative estimate of drug-likeness (QED) is 0.248. The fourth-order valence-corrected chi connectivity index (χ4v) is 2.77. The number of carbonyl (C=O) groups is 1. The number of unbranched alkanes of at least 4 members (excludes halogenated alkanes) is 11. The average molecular weight is 359 g/mol. The molecule has 1 atom stereocenters. The lowest BCUT2D eigenvalue weighted by atomic mass is 10.1. The minimum absolute atomic E-state index is 0.171. The molecule has 0 radical (unpaired) electrons. The fraction of sp³-hybridized carbons (Fsp3) is 0.952. The van der Waals surface area contributed by atoms with Crippen LogP contribution < -0.4 is 0 Å². The average Bonchev–Trinajstić information content (AvgIpc) is 2.62. The number of hydrogen-bond donors (Lipinski definition) is 1. The highest BCUT2D eigenvalue weighted by Gasteiger charge is 2.13. The van der Waals surface area contributed by atoms with Crippen molar-refractivity contribution in [2.45, 2.75) is 110 Å². The van der Waals surface area contributed by atoms with Gasteiger partial charge in [0.25, 0.3) is 0 Å². The lowest BCUT2D eigenvalue weighted by Crippen LogP contribution is -2.27. The van der Waals surface area contributed by atoms with Crippen molar-refractivity contribution in [2.24, 2.45) is 0 Å². The highest BCUT2D eigenvalue weighted by molar-refractivity contribution is 5.69. The number of aliphatic hydroxyl groups excluding tert-OH is 1. The zero-order chi connectivity index (χ0) is 18.6. The van der Waals surface area contributed by atoms with Crippen LogP contribution in [0.5, 0.6) is 0 Å². The second kappa shape index (κ2) is 19.7. The first-order valence-electron chi connectivity index (χ1n) is 10.6. The van der Waals surface area contributed by atoms with Crippen molar-refractivity contribution in [3.05, 3.63) is 0 Å². The Hall–Kier alpha value is -0.610. The monoisotopic (exact) mass is 358 g/mol. The molecule has 0 aliphatic heterocycles. The second-order valence-electron chi connectivity index (χ2n) is 7.01. The third kappa shape index (κ3) is 18.0. The van der Waals surface area contributed by atoms with Crippen LogP contribution in [-0.4, -0.2) is 37.0 Å². The first-order chi connectivity index (χ1) is 12.2. The standard InChI is InChI=1S/C21H42O4/c1-3-5-7-8-9-10-11-12-13-14-15-17-24-19-20(18-22)25-21(23)16-6-4-2/h20,22H,3-19H2,1-2H3. The Morgan fingerprint density at radius 1 is 0.800 bits per heavy atom. The van der Waals surface area contributed by atoms with E-state index in [-0.39, 0.29) is 12.6 Å². The number of hydrogen-bond acceptors (Lipinski definition) is 4. The minimum atomic E-state index is -0.517. The predicted octanol–water partition coefficient (Wildman–Crippen LogP) is 5.41. The van der Waals surface area contributed by atoms with Gasteiger partial charge in [-0.15, -0.1) is 0 Å². The van der Waals surface area contributed by atoms with Crippen LogP contribution in [-0.2, 0) is 14.3 Å². The molecule has 0 fully saturated rings. The van der Waals surface area contributed by atoms with Gasteiger partial charge in [-0.1, -0.05) is 84.5 Å². The number of esters is 1. The summed E-state index contributed by atoms with van der Waals surface area (Å²) in [4.78, 5) is 11.5. The van der Waals surface area contributed by atoms with Gasteiger partial charge in [-0.2, -0.15) is 0 Å². The Labute approximate surface area is 155 Å². The van der Waals surface area contributed by atoms with Crippen molar-refractivity contribution in [2.75, 3.05) is 19.8 Å². The van der Waals surface area contributed by atoms with Crippen LogP contribution in [0.4, 0.5) is 0 Å². The van der Waals surface area contributed by atoms with Crippen molar-refractivity contribution < 1.29 is 19.4 Å². The molecule has 0 spiro atoms. The molecule has 0 heterocycles. The molecule has 0 saturated carbocycles. The highest BCUT2D eigenvalue weighted by Crippen LogP contribution is 2.11. The zero-order valence-corrected chi connectivity index (χ0v) is 16.8. The van der Waals surface area contributed by atoms with Gasteiger partial charge >= 0.3 is 5.97 Å². The third-order valence-electron chi connectivity index (χ3n) is 4.43. The molecule has 0 aromatic heterocycles.